The largest absolute Gasteiger partial charge is 0.421 e. The van der Waals surface area contributed by atoms with Crippen LogP contribution in [-0.4, -0.2) is 29.1 Å². The summed E-state index contributed by atoms with van der Waals surface area (Å²) in [7, 11) is 1.39. The van der Waals surface area contributed by atoms with E-state index in [1.54, 1.807) is 0 Å². The first-order valence-corrected chi connectivity index (χ1v) is 9.31. The Labute approximate surface area is 171 Å². The molecule has 2 amide bonds. The molecule has 0 aliphatic carbocycles. The van der Waals surface area contributed by atoms with E-state index in [2.05, 4.69) is 20.8 Å². The van der Waals surface area contributed by atoms with Gasteiger partial charge in [0, 0.05) is 25.5 Å². The van der Waals surface area contributed by atoms with Gasteiger partial charge < -0.3 is 15.1 Å². The number of aromatic nitrogens is 2. The summed E-state index contributed by atoms with van der Waals surface area (Å²) in [4.78, 5) is 24.4. The number of nitrogens with one attached hydrogen (secondary N) is 2. The number of rotatable bonds is 8. The highest BCUT2D eigenvalue weighted by molar-refractivity contribution is 5.88. The molecule has 7 nitrogen and oxygen atoms in total. The molecule has 30 heavy (non-hydrogen) atoms. The van der Waals surface area contributed by atoms with Crippen LogP contribution in [0.4, 0.5) is 8.78 Å². The lowest BCUT2D eigenvalue weighted by Gasteiger charge is -2.18. The van der Waals surface area contributed by atoms with Gasteiger partial charge in [0.25, 0.3) is 0 Å². The predicted octanol–water partition coefficient (Wildman–Crippen LogP) is 2.94. The number of carbonyl (C=O) groups excluding carboxylic acids is 2. The number of aryl methyl sites for hydroxylation is 1. The van der Waals surface area contributed by atoms with Crippen molar-refractivity contribution in [1.82, 2.24) is 20.8 Å². The Morgan fingerprint density at radius 3 is 2.53 bits per heavy atom. The van der Waals surface area contributed by atoms with Gasteiger partial charge >= 0.3 is 0 Å². The van der Waals surface area contributed by atoms with Gasteiger partial charge in [0.15, 0.2) is 11.6 Å². The average molecular weight is 414 g/mol. The van der Waals surface area contributed by atoms with Crippen molar-refractivity contribution in [3.05, 3.63) is 71.6 Å². The van der Waals surface area contributed by atoms with Gasteiger partial charge in [0.05, 0.1) is 0 Å². The van der Waals surface area contributed by atoms with Crippen molar-refractivity contribution in [1.29, 1.82) is 0 Å². The highest BCUT2D eigenvalue weighted by Gasteiger charge is 2.23. The number of carbonyl (C=O) groups is 2. The molecular formula is C21H20F2N4O3. The predicted molar refractivity (Wildman–Crippen MR) is 104 cm³/mol. The van der Waals surface area contributed by atoms with Crippen LogP contribution in [-0.2, 0) is 16.0 Å². The van der Waals surface area contributed by atoms with Crippen LogP contribution >= 0.6 is 0 Å². The minimum Gasteiger partial charge on any atom is -0.421 e. The number of halogens is 2. The average Bonchev–Trinajstić information content (AvgIpc) is 3.23. The topological polar surface area (TPSA) is 97.1 Å². The van der Waals surface area contributed by atoms with Crippen LogP contribution in [0, 0.1) is 11.6 Å². The van der Waals surface area contributed by atoms with Gasteiger partial charge in [0.2, 0.25) is 23.6 Å². The number of hydrogen-bond acceptors (Lipinski definition) is 5. The molecule has 0 saturated heterocycles. The second kappa shape index (κ2) is 9.73. The lowest BCUT2D eigenvalue weighted by molar-refractivity contribution is -0.129. The number of benzene rings is 2. The molecule has 0 saturated carbocycles. The van der Waals surface area contributed by atoms with Crippen molar-refractivity contribution in [3.8, 4) is 11.5 Å². The molecule has 0 aliphatic heterocycles. The summed E-state index contributed by atoms with van der Waals surface area (Å²) >= 11 is 0. The first-order chi connectivity index (χ1) is 14.5. The van der Waals surface area contributed by atoms with Crippen LogP contribution in [0.1, 0.15) is 30.3 Å². The van der Waals surface area contributed by atoms with Crippen LogP contribution in [0.2, 0.25) is 0 Å². The van der Waals surface area contributed by atoms with Crippen molar-refractivity contribution in [2.24, 2.45) is 0 Å². The minimum atomic E-state index is -1.13. The fraction of sp³-hybridized carbons (Fsp3) is 0.238. The van der Waals surface area contributed by atoms with Crippen molar-refractivity contribution in [2.75, 3.05) is 7.05 Å². The molecule has 2 N–H and O–H groups in total. The minimum absolute atomic E-state index is 0.0836. The van der Waals surface area contributed by atoms with E-state index in [1.807, 2.05) is 30.3 Å². The molecule has 3 aromatic rings. The zero-order valence-electron chi connectivity index (χ0n) is 16.2. The zero-order chi connectivity index (χ0) is 21.5. The van der Waals surface area contributed by atoms with Gasteiger partial charge in [0.1, 0.15) is 6.04 Å². The molecule has 0 fully saturated rings. The van der Waals surface area contributed by atoms with Crippen LogP contribution < -0.4 is 10.6 Å². The zero-order valence-corrected chi connectivity index (χ0v) is 16.2. The van der Waals surface area contributed by atoms with E-state index in [9.17, 15) is 18.4 Å². The molecule has 9 heteroatoms. The number of nitrogens with zero attached hydrogens (tertiary/aromatic N) is 2. The van der Waals surface area contributed by atoms with Crippen molar-refractivity contribution in [3.63, 3.8) is 0 Å². The van der Waals surface area contributed by atoms with Gasteiger partial charge in [-0.2, -0.15) is 0 Å². The van der Waals surface area contributed by atoms with E-state index in [0.717, 1.165) is 17.7 Å². The Morgan fingerprint density at radius 2 is 1.83 bits per heavy atom. The normalized spacial score (nSPS) is 11.7. The molecule has 2 aromatic carbocycles. The SMILES string of the molecule is CNC(=O)C(NC(=O)CCCc1nnc(-c2ccccc2)o1)c1ccc(F)c(F)c1. The summed E-state index contributed by atoms with van der Waals surface area (Å²) in [6.07, 6.45) is 0.865. The van der Waals surface area contributed by atoms with Gasteiger partial charge in [-0.15, -0.1) is 10.2 Å². The summed E-state index contributed by atoms with van der Waals surface area (Å²) in [6, 6.07) is 11.2. The Morgan fingerprint density at radius 1 is 1.07 bits per heavy atom. The molecule has 1 heterocycles. The maximum Gasteiger partial charge on any atom is 0.247 e. The van der Waals surface area contributed by atoms with E-state index in [0.29, 0.717) is 24.6 Å². The fourth-order valence-corrected chi connectivity index (χ4v) is 2.82. The van der Waals surface area contributed by atoms with Crippen LogP contribution in [0.5, 0.6) is 0 Å². The molecule has 0 bridgehead atoms. The summed E-state index contributed by atoms with van der Waals surface area (Å²) in [5, 5.41) is 12.9. The molecule has 156 valence electrons. The van der Waals surface area contributed by atoms with Crippen molar-refractivity contribution in [2.45, 2.75) is 25.3 Å². The second-order valence-corrected chi connectivity index (χ2v) is 6.51. The van der Waals surface area contributed by atoms with Gasteiger partial charge in [-0.3, -0.25) is 9.59 Å². The van der Waals surface area contributed by atoms with E-state index in [1.165, 1.54) is 13.1 Å². The smallest absolute Gasteiger partial charge is 0.247 e. The number of amides is 2. The second-order valence-electron chi connectivity index (χ2n) is 6.51. The molecule has 1 aromatic heterocycles. The number of likely N-dealkylation sites (N-methyl/N-ethyl adjacent to an activating group) is 1. The van der Waals surface area contributed by atoms with E-state index in [4.69, 9.17) is 4.42 Å². The van der Waals surface area contributed by atoms with E-state index < -0.39 is 29.5 Å². The molecule has 1 atom stereocenters. The Kier molecular flexibility index (Phi) is 6.84. The molecular weight excluding hydrogens is 394 g/mol. The summed E-state index contributed by atoms with van der Waals surface area (Å²) in [5.74, 6) is -2.30. The van der Waals surface area contributed by atoms with Crippen LogP contribution in [0.15, 0.2) is 52.9 Å². The summed E-state index contributed by atoms with van der Waals surface area (Å²) < 4.78 is 32.3. The Hall–Kier alpha value is -3.62. The molecule has 0 radical (unpaired) electrons. The summed E-state index contributed by atoms with van der Waals surface area (Å²) in [5.41, 5.74) is 0.944. The fourth-order valence-electron chi connectivity index (χ4n) is 2.82. The molecule has 0 aliphatic rings. The van der Waals surface area contributed by atoms with Gasteiger partial charge in [-0.05, 0) is 36.2 Å². The third-order valence-corrected chi connectivity index (χ3v) is 4.37. The maximum atomic E-state index is 13.5. The standard InChI is InChI=1S/C21H20F2N4O3/c1-24-20(29)19(14-10-11-15(22)16(23)12-14)25-17(28)8-5-9-18-26-27-21(30-18)13-6-3-2-4-7-13/h2-4,6-7,10-12,19H,5,8-9H2,1H3,(H,24,29)(H,25,28). The first-order valence-electron chi connectivity index (χ1n) is 9.31. The monoisotopic (exact) mass is 414 g/mol. The third kappa shape index (κ3) is 5.25. The highest BCUT2D eigenvalue weighted by atomic mass is 19.2. The lowest BCUT2D eigenvalue weighted by atomic mass is 10.1. The van der Waals surface area contributed by atoms with Crippen molar-refractivity contribution < 1.29 is 22.8 Å². The van der Waals surface area contributed by atoms with Gasteiger partial charge in [-0.25, -0.2) is 8.78 Å². The van der Waals surface area contributed by atoms with Gasteiger partial charge in [-0.1, -0.05) is 24.3 Å². The quantitative estimate of drug-likeness (QED) is 0.591. The number of hydrogen-bond donors (Lipinski definition) is 2. The van der Waals surface area contributed by atoms with Crippen LogP contribution in [0.3, 0.4) is 0 Å². The maximum absolute atomic E-state index is 13.5. The lowest BCUT2D eigenvalue weighted by Crippen LogP contribution is -2.39. The van der Waals surface area contributed by atoms with E-state index >= 15 is 0 Å². The highest BCUT2D eigenvalue weighted by Crippen LogP contribution is 2.19. The molecule has 0 spiro atoms. The molecule has 1 unspecified atom stereocenters. The van der Waals surface area contributed by atoms with E-state index in [-0.39, 0.29) is 12.0 Å². The summed E-state index contributed by atoms with van der Waals surface area (Å²) in [6.45, 7) is 0. The third-order valence-electron chi connectivity index (χ3n) is 4.37. The first kappa shape index (κ1) is 21.1. The Balaban J connectivity index is 1.56. The Bertz CT molecular complexity index is 1020. The molecule has 3 rings (SSSR count). The van der Waals surface area contributed by atoms with Crippen LogP contribution in [0.25, 0.3) is 11.5 Å². The van der Waals surface area contributed by atoms with Crippen molar-refractivity contribution >= 4 is 11.8 Å².